The summed E-state index contributed by atoms with van der Waals surface area (Å²) in [5.74, 6) is -0.357. The summed E-state index contributed by atoms with van der Waals surface area (Å²) >= 11 is 0. The Morgan fingerprint density at radius 1 is 1.53 bits per heavy atom. The van der Waals surface area contributed by atoms with Crippen LogP contribution in [0, 0.1) is 12.3 Å². The minimum absolute atomic E-state index is 0.133. The van der Waals surface area contributed by atoms with Gasteiger partial charge in [-0.25, -0.2) is 4.79 Å². The summed E-state index contributed by atoms with van der Waals surface area (Å²) in [6, 6.07) is 0. The first-order chi connectivity index (χ1) is 7.78. The van der Waals surface area contributed by atoms with Crippen LogP contribution in [0.15, 0.2) is 0 Å². The van der Waals surface area contributed by atoms with Gasteiger partial charge in [0.05, 0.1) is 5.69 Å². The molecule has 0 bridgehead atoms. The average Bonchev–Trinajstić information content (AvgIpc) is 2.50. The van der Waals surface area contributed by atoms with Crippen molar-refractivity contribution in [2.45, 2.75) is 34.1 Å². The van der Waals surface area contributed by atoms with E-state index >= 15 is 0 Å². The Bertz CT molecular complexity index is 422. The smallest absolute Gasteiger partial charge is 0.341 e. The highest BCUT2D eigenvalue weighted by molar-refractivity contribution is 5.94. The van der Waals surface area contributed by atoms with Gasteiger partial charge in [-0.05, 0) is 18.8 Å². The van der Waals surface area contributed by atoms with Crippen molar-refractivity contribution in [3.05, 3.63) is 11.3 Å². The van der Waals surface area contributed by atoms with Gasteiger partial charge in [-0.1, -0.05) is 20.8 Å². The zero-order valence-electron chi connectivity index (χ0n) is 11.2. The van der Waals surface area contributed by atoms with Crippen LogP contribution in [0.4, 0.5) is 5.82 Å². The highest BCUT2D eigenvalue weighted by Gasteiger charge is 2.22. The Morgan fingerprint density at radius 2 is 2.12 bits per heavy atom. The van der Waals surface area contributed by atoms with Gasteiger partial charge in [0.1, 0.15) is 11.4 Å². The maximum absolute atomic E-state index is 11.2. The van der Waals surface area contributed by atoms with Crippen LogP contribution in [0.2, 0.25) is 0 Å². The number of aromatic carboxylic acids is 1. The van der Waals surface area contributed by atoms with Crippen molar-refractivity contribution < 1.29 is 9.90 Å². The number of anilines is 1. The molecule has 2 N–H and O–H groups in total. The fourth-order valence-corrected chi connectivity index (χ4v) is 1.56. The Morgan fingerprint density at radius 3 is 2.59 bits per heavy atom. The minimum Gasteiger partial charge on any atom is -0.477 e. The van der Waals surface area contributed by atoms with Gasteiger partial charge in [0, 0.05) is 13.6 Å². The highest BCUT2D eigenvalue weighted by atomic mass is 16.4. The molecular formula is C12H21N3O2. The molecular weight excluding hydrogens is 218 g/mol. The second kappa shape index (κ2) is 4.77. The first-order valence-corrected chi connectivity index (χ1v) is 5.79. The van der Waals surface area contributed by atoms with Gasteiger partial charge in [-0.3, -0.25) is 4.68 Å². The van der Waals surface area contributed by atoms with Gasteiger partial charge in [-0.15, -0.1) is 0 Å². The lowest BCUT2D eigenvalue weighted by Crippen LogP contribution is -2.24. The fourth-order valence-electron chi connectivity index (χ4n) is 1.56. The third kappa shape index (κ3) is 2.99. The molecule has 5 heteroatoms. The molecule has 17 heavy (non-hydrogen) atoms. The van der Waals surface area contributed by atoms with Gasteiger partial charge in [-0.2, -0.15) is 5.10 Å². The summed E-state index contributed by atoms with van der Waals surface area (Å²) in [6.45, 7) is 8.84. The molecule has 0 spiro atoms. The monoisotopic (exact) mass is 239 g/mol. The van der Waals surface area contributed by atoms with E-state index in [1.54, 1.807) is 18.7 Å². The van der Waals surface area contributed by atoms with Crippen LogP contribution in [0.3, 0.4) is 0 Å². The number of aromatic nitrogens is 2. The van der Waals surface area contributed by atoms with Crippen LogP contribution in [0.1, 0.15) is 43.2 Å². The fraction of sp³-hybridized carbons (Fsp3) is 0.667. The van der Waals surface area contributed by atoms with Crippen LogP contribution in [-0.2, 0) is 7.05 Å². The number of carbonyl (C=O) groups is 1. The summed E-state index contributed by atoms with van der Waals surface area (Å²) in [4.78, 5) is 11.2. The Kier molecular flexibility index (Phi) is 3.80. The van der Waals surface area contributed by atoms with E-state index < -0.39 is 5.97 Å². The number of nitrogens with zero attached hydrogens (tertiary/aromatic N) is 2. The van der Waals surface area contributed by atoms with Crippen LogP contribution < -0.4 is 5.32 Å². The van der Waals surface area contributed by atoms with Crippen molar-refractivity contribution in [2.75, 3.05) is 11.9 Å². The molecule has 1 aromatic rings. The number of carboxylic acid groups (broad SMARTS) is 1. The van der Waals surface area contributed by atoms with E-state index in [0.29, 0.717) is 11.5 Å². The van der Waals surface area contributed by atoms with Crippen LogP contribution in [0.25, 0.3) is 0 Å². The average molecular weight is 239 g/mol. The quantitative estimate of drug-likeness (QED) is 0.827. The lowest BCUT2D eigenvalue weighted by molar-refractivity contribution is 0.0697. The van der Waals surface area contributed by atoms with E-state index in [-0.39, 0.29) is 11.0 Å². The molecule has 0 saturated carbocycles. The van der Waals surface area contributed by atoms with Gasteiger partial charge < -0.3 is 10.4 Å². The molecule has 1 rings (SSSR count). The Labute approximate surface area is 102 Å². The van der Waals surface area contributed by atoms with Crippen molar-refractivity contribution in [2.24, 2.45) is 12.5 Å². The topological polar surface area (TPSA) is 67.2 Å². The lowest BCUT2D eigenvalue weighted by atomic mass is 9.90. The number of rotatable bonds is 5. The summed E-state index contributed by atoms with van der Waals surface area (Å²) in [7, 11) is 1.75. The standard InChI is InChI=1S/C12H21N3O2/c1-6-12(3,4)7-13-10-9(11(16)17)8(2)14-15(10)5/h13H,6-7H2,1-5H3,(H,16,17). The van der Waals surface area contributed by atoms with Gasteiger partial charge in [0.2, 0.25) is 0 Å². The Hall–Kier alpha value is -1.52. The van der Waals surface area contributed by atoms with E-state index in [2.05, 4.69) is 31.2 Å². The van der Waals surface area contributed by atoms with E-state index in [1.807, 2.05) is 0 Å². The molecule has 0 atom stereocenters. The summed E-state index contributed by atoms with van der Waals surface area (Å²) < 4.78 is 1.59. The predicted octanol–water partition coefficient (Wildman–Crippen LogP) is 2.27. The molecule has 0 aliphatic rings. The molecule has 0 saturated heterocycles. The zero-order valence-corrected chi connectivity index (χ0v) is 11.2. The molecule has 0 unspecified atom stereocenters. The van der Waals surface area contributed by atoms with E-state index in [4.69, 9.17) is 5.11 Å². The van der Waals surface area contributed by atoms with E-state index in [1.165, 1.54) is 0 Å². The third-order valence-corrected chi connectivity index (χ3v) is 3.13. The molecule has 0 fully saturated rings. The predicted molar refractivity (Wildman–Crippen MR) is 67.5 cm³/mol. The van der Waals surface area contributed by atoms with E-state index in [0.717, 1.165) is 13.0 Å². The van der Waals surface area contributed by atoms with Gasteiger partial charge >= 0.3 is 5.97 Å². The lowest BCUT2D eigenvalue weighted by Gasteiger charge is -2.23. The van der Waals surface area contributed by atoms with Gasteiger partial charge in [0.25, 0.3) is 0 Å². The number of hydrogen-bond donors (Lipinski definition) is 2. The van der Waals surface area contributed by atoms with E-state index in [9.17, 15) is 4.79 Å². The van der Waals surface area contributed by atoms with Crippen molar-refractivity contribution >= 4 is 11.8 Å². The molecule has 0 amide bonds. The maximum Gasteiger partial charge on any atom is 0.341 e. The summed E-state index contributed by atoms with van der Waals surface area (Å²) in [6.07, 6.45) is 1.03. The molecule has 96 valence electrons. The number of nitrogens with one attached hydrogen (secondary N) is 1. The molecule has 0 aliphatic heterocycles. The Balaban J connectivity index is 2.95. The van der Waals surface area contributed by atoms with Crippen molar-refractivity contribution in [1.29, 1.82) is 0 Å². The zero-order chi connectivity index (χ0) is 13.2. The summed E-state index contributed by atoms with van der Waals surface area (Å²) in [5.41, 5.74) is 0.935. The van der Waals surface area contributed by atoms with Crippen LogP contribution in [-0.4, -0.2) is 27.4 Å². The molecule has 0 aliphatic carbocycles. The number of aryl methyl sites for hydroxylation is 2. The maximum atomic E-state index is 11.2. The first kappa shape index (κ1) is 13.5. The van der Waals surface area contributed by atoms with Crippen LogP contribution in [0.5, 0.6) is 0 Å². The second-order valence-electron chi connectivity index (χ2n) is 5.11. The third-order valence-electron chi connectivity index (χ3n) is 3.13. The second-order valence-corrected chi connectivity index (χ2v) is 5.11. The largest absolute Gasteiger partial charge is 0.477 e. The summed E-state index contributed by atoms with van der Waals surface area (Å²) in [5, 5.41) is 16.5. The molecule has 0 radical (unpaired) electrons. The van der Waals surface area contributed by atoms with Crippen molar-refractivity contribution in [3.63, 3.8) is 0 Å². The van der Waals surface area contributed by atoms with Gasteiger partial charge in [0.15, 0.2) is 0 Å². The highest BCUT2D eigenvalue weighted by Crippen LogP contribution is 2.23. The number of carboxylic acids is 1. The minimum atomic E-state index is -0.938. The number of hydrogen-bond acceptors (Lipinski definition) is 3. The van der Waals surface area contributed by atoms with Crippen molar-refractivity contribution in [3.8, 4) is 0 Å². The first-order valence-electron chi connectivity index (χ1n) is 5.79. The SMILES string of the molecule is CCC(C)(C)CNc1c(C(=O)O)c(C)nn1C. The van der Waals surface area contributed by atoms with Crippen molar-refractivity contribution in [1.82, 2.24) is 9.78 Å². The molecule has 1 heterocycles. The molecule has 0 aromatic carbocycles. The van der Waals surface area contributed by atoms with Crippen LogP contribution >= 0.6 is 0 Å². The molecule has 5 nitrogen and oxygen atoms in total. The normalized spacial score (nSPS) is 11.6. The molecule has 1 aromatic heterocycles.